The fourth-order valence-corrected chi connectivity index (χ4v) is 6.81. The van der Waals surface area contributed by atoms with Crippen LogP contribution >= 0.6 is 11.6 Å². The molecule has 2 unspecified atom stereocenters. The molecule has 6 rings (SSSR count). The fraction of sp³-hybridized carbons (Fsp3) is 0.333. The molecule has 4 aromatic carbocycles. The van der Waals surface area contributed by atoms with E-state index in [0.29, 0.717) is 11.8 Å². The van der Waals surface area contributed by atoms with Crippen LogP contribution in [0.25, 0.3) is 27.1 Å². The van der Waals surface area contributed by atoms with Crippen LogP contribution in [0.3, 0.4) is 0 Å². The summed E-state index contributed by atoms with van der Waals surface area (Å²) in [6.07, 6.45) is 0. The Kier molecular flexibility index (Phi) is 3.71. The van der Waals surface area contributed by atoms with Crippen LogP contribution in [0.4, 0.5) is 0 Å². The van der Waals surface area contributed by atoms with Gasteiger partial charge in [-0.25, -0.2) is 0 Å². The van der Waals surface area contributed by atoms with Gasteiger partial charge in [0, 0.05) is 16.9 Å². The van der Waals surface area contributed by atoms with Crippen LogP contribution in [0.1, 0.15) is 69.7 Å². The summed E-state index contributed by atoms with van der Waals surface area (Å²) in [5.74, 6) is 0.855. The standard InChI is InChI=1S/C30H29Cl/c1-16-21-10-7-17-13-19(29(2,3)4)14-18-8-11-23(26(21)25(17)18)27-22-12-9-20(31)15-24(22)30(5,6)28(16)27/h7-15,27-28H,1-6H3. The molecular formula is C30H29Cl. The van der Waals surface area contributed by atoms with Gasteiger partial charge in [-0.3, -0.25) is 0 Å². The average molecular weight is 425 g/mol. The molecule has 2 aliphatic rings. The van der Waals surface area contributed by atoms with Gasteiger partial charge in [0.2, 0.25) is 0 Å². The van der Waals surface area contributed by atoms with Gasteiger partial charge >= 0.3 is 0 Å². The predicted molar refractivity (Wildman–Crippen MR) is 134 cm³/mol. The molecule has 0 spiro atoms. The quantitative estimate of drug-likeness (QED) is 0.269. The molecule has 4 aromatic rings. The molecule has 1 heteroatoms. The summed E-state index contributed by atoms with van der Waals surface area (Å²) in [6.45, 7) is 14.1. The molecule has 31 heavy (non-hydrogen) atoms. The zero-order valence-electron chi connectivity index (χ0n) is 19.2. The predicted octanol–water partition coefficient (Wildman–Crippen LogP) is 7.89. The van der Waals surface area contributed by atoms with Crippen LogP contribution in [0.15, 0.2) is 54.6 Å². The number of benzene rings is 4. The van der Waals surface area contributed by atoms with Crippen LogP contribution in [0.2, 0.25) is 5.02 Å². The van der Waals surface area contributed by atoms with Crippen molar-refractivity contribution in [1.29, 1.82) is 0 Å². The van der Waals surface area contributed by atoms with Crippen LogP contribution in [0.5, 0.6) is 0 Å². The molecule has 0 bridgehead atoms. The third-order valence-corrected chi connectivity index (χ3v) is 8.36. The highest BCUT2D eigenvalue weighted by atomic mass is 35.5. The maximum atomic E-state index is 6.46. The van der Waals surface area contributed by atoms with Gasteiger partial charge in [0.25, 0.3) is 0 Å². The van der Waals surface area contributed by atoms with Gasteiger partial charge in [-0.05, 0) is 78.9 Å². The zero-order chi connectivity index (χ0) is 21.9. The first kappa shape index (κ1) is 19.4. The van der Waals surface area contributed by atoms with Crippen molar-refractivity contribution in [2.24, 2.45) is 5.92 Å². The molecule has 0 saturated heterocycles. The van der Waals surface area contributed by atoms with Crippen molar-refractivity contribution in [3.8, 4) is 0 Å². The lowest BCUT2D eigenvalue weighted by molar-refractivity contribution is 0.399. The highest BCUT2D eigenvalue weighted by molar-refractivity contribution is 6.30. The maximum Gasteiger partial charge on any atom is 0.0409 e. The third kappa shape index (κ3) is 2.43. The summed E-state index contributed by atoms with van der Waals surface area (Å²) in [5.41, 5.74) is 7.46. The van der Waals surface area contributed by atoms with Gasteiger partial charge in [0.1, 0.15) is 0 Å². The Morgan fingerprint density at radius 2 is 1.45 bits per heavy atom. The highest BCUT2D eigenvalue weighted by Gasteiger charge is 2.49. The monoisotopic (exact) mass is 424 g/mol. The van der Waals surface area contributed by atoms with Crippen molar-refractivity contribution in [2.45, 2.75) is 58.3 Å². The molecule has 0 nitrogen and oxygen atoms in total. The minimum Gasteiger partial charge on any atom is -0.0843 e. The number of fused-ring (bicyclic) bond motifs is 4. The number of halogens is 1. The number of hydrogen-bond acceptors (Lipinski definition) is 0. The Morgan fingerprint density at radius 3 is 2.13 bits per heavy atom. The van der Waals surface area contributed by atoms with E-state index in [1.165, 1.54) is 54.6 Å². The van der Waals surface area contributed by atoms with Crippen LogP contribution < -0.4 is 5.22 Å². The smallest absolute Gasteiger partial charge is 0.0409 e. The second-order valence-corrected chi connectivity index (χ2v) is 11.7. The molecule has 0 fully saturated rings. The number of hydrogen-bond donors (Lipinski definition) is 0. The van der Waals surface area contributed by atoms with E-state index in [2.05, 4.69) is 96.1 Å². The molecule has 0 radical (unpaired) electrons. The van der Waals surface area contributed by atoms with Gasteiger partial charge < -0.3 is 0 Å². The molecule has 0 aliphatic heterocycles. The second kappa shape index (κ2) is 5.93. The van der Waals surface area contributed by atoms with Crippen molar-refractivity contribution >= 4 is 38.7 Å². The molecule has 2 aliphatic carbocycles. The van der Waals surface area contributed by atoms with Gasteiger partial charge in [0.15, 0.2) is 0 Å². The van der Waals surface area contributed by atoms with Gasteiger partial charge in [-0.15, -0.1) is 0 Å². The van der Waals surface area contributed by atoms with Crippen molar-refractivity contribution < 1.29 is 0 Å². The molecule has 156 valence electrons. The number of rotatable bonds is 0. The lowest BCUT2D eigenvalue weighted by atomic mass is 9.66. The second-order valence-electron chi connectivity index (χ2n) is 11.3. The van der Waals surface area contributed by atoms with Crippen molar-refractivity contribution in [3.05, 3.63) is 87.1 Å². The van der Waals surface area contributed by atoms with Gasteiger partial charge in [-0.1, -0.05) is 94.3 Å². The molecular weight excluding hydrogens is 396 g/mol. The van der Waals surface area contributed by atoms with E-state index in [1.54, 1.807) is 0 Å². The summed E-state index contributed by atoms with van der Waals surface area (Å²) in [7, 11) is 0. The topological polar surface area (TPSA) is 0 Å². The van der Waals surface area contributed by atoms with Crippen LogP contribution in [-0.2, 0) is 10.8 Å². The Balaban J connectivity index is 1.76. The Labute approximate surface area is 189 Å². The van der Waals surface area contributed by atoms with Crippen molar-refractivity contribution in [1.82, 2.24) is 0 Å². The maximum absolute atomic E-state index is 6.46. The van der Waals surface area contributed by atoms with E-state index in [1.807, 2.05) is 0 Å². The Bertz CT molecular complexity index is 1440. The Hall–Kier alpha value is -2.31. The normalized spacial score (nSPS) is 21.6. The molecule has 0 heterocycles. The molecule has 0 amide bonds. The summed E-state index contributed by atoms with van der Waals surface area (Å²) < 4.78 is 0. The summed E-state index contributed by atoms with van der Waals surface area (Å²) in [4.78, 5) is 0. The molecule has 0 aromatic heterocycles. The molecule has 0 saturated carbocycles. The third-order valence-electron chi connectivity index (χ3n) is 8.13. The van der Waals surface area contributed by atoms with Crippen molar-refractivity contribution in [2.75, 3.05) is 0 Å². The highest BCUT2D eigenvalue weighted by Crippen LogP contribution is 2.58. The van der Waals surface area contributed by atoms with E-state index < -0.39 is 0 Å². The van der Waals surface area contributed by atoms with E-state index in [4.69, 9.17) is 11.6 Å². The average Bonchev–Trinajstić information content (AvgIpc) is 2.94. The summed E-state index contributed by atoms with van der Waals surface area (Å²) >= 11 is 6.46. The van der Waals surface area contributed by atoms with Gasteiger partial charge in [0.05, 0.1) is 0 Å². The van der Waals surface area contributed by atoms with Gasteiger partial charge in [-0.2, -0.15) is 0 Å². The molecule has 0 N–H and O–H groups in total. The summed E-state index contributed by atoms with van der Waals surface area (Å²) in [5, 5.41) is 7.90. The van der Waals surface area contributed by atoms with Crippen LogP contribution in [-0.4, -0.2) is 0 Å². The van der Waals surface area contributed by atoms with Crippen LogP contribution in [0, 0.1) is 5.92 Å². The fourth-order valence-electron chi connectivity index (χ4n) is 6.64. The first-order valence-corrected chi connectivity index (χ1v) is 11.8. The first-order valence-electron chi connectivity index (χ1n) is 11.4. The lowest BCUT2D eigenvalue weighted by Gasteiger charge is -2.36. The SMILES string of the molecule is CC1=c2ccc3cc(C(C)(C)C)cc4ccc(c2c43)C2c3ccc(Cl)cc3C(C)(C)C12. The van der Waals surface area contributed by atoms with E-state index in [0.717, 1.165) is 5.02 Å². The zero-order valence-corrected chi connectivity index (χ0v) is 20.0. The van der Waals surface area contributed by atoms with E-state index >= 15 is 0 Å². The minimum atomic E-state index is 0.0544. The van der Waals surface area contributed by atoms with Crippen molar-refractivity contribution in [3.63, 3.8) is 0 Å². The van der Waals surface area contributed by atoms with E-state index in [9.17, 15) is 0 Å². The lowest BCUT2D eigenvalue weighted by Crippen LogP contribution is -2.33. The minimum absolute atomic E-state index is 0.0544. The summed E-state index contributed by atoms with van der Waals surface area (Å²) in [6, 6.07) is 20.9. The van der Waals surface area contributed by atoms with E-state index in [-0.39, 0.29) is 10.8 Å². The largest absolute Gasteiger partial charge is 0.0843 e. The molecule has 2 atom stereocenters. The first-order chi connectivity index (χ1) is 14.6. The Morgan fingerprint density at radius 1 is 0.806 bits per heavy atom.